The van der Waals surface area contributed by atoms with E-state index >= 15 is 0 Å². The lowest BCUT2D eigenvalue weighted by Crippen LogP contribution is -2.66. The number of aromatic nitrogens is 2. The first-order valence-electron chi connectivity index (χ1n) is 8.12. The number of carbonyl (C=O) groups is 1. The average molecular weight is 305 g/mol. The van der Waals surface area contributed by atoms with Gasteiger partial charge in [0.05, 0.1) is 30.2 Å². The molecule has 6 heteroatoms. The lowest BCUT2D eigenvalue weighted by atomic mass is 9.57. The fourth-order valence-corrected chi connectivity index (χ4v) is 4.39. The summed E-state index contributed by atoms with van der Waals surface area (Å²) in [5.74, 6) is 0.670. The molecule has 0 spiro atoms. The molecular weight excluding hydrogens is 282 g/mol. The van der Waals surface area contributed by atoms with Crippen LogP contribution in [0.15, 0.2) is 6.20 Å². The smallest absolute Gasteiger partial charge is 0.255 e. The molecule has 1 amide bonds. The maximum Gasteiger partial charge on any atom is 0.255 e. The number of H-pyrrole nitrogens is 1. The minimum absolute atomic E-state index is 0.00278. The average Bonchev–Trinajstić information content (AvgIpc) is 3.22. The summed E-state index contributed by atoms with van der Waals surface area (Å²) in [6.07, 6.45) is 3.89. The molecule has 120 valence electrons. The van der Waals surface area contributed by atoms with Crippen LogP contribution in [0.2, 0.25) is 0 Å². The van der Waals surface area contributed by atoms with Gasteiger partial charge in [0.25, 0.3) is 5.91 Å². The summed E-state index contributed by atoms with van der Waals surface area (Å²) >= 11 is 0. The largest absolute Gasteiger partial charge is 0.381 e. The van der Waals surface area contributed by atoms with Gasteiger partial charge >= 0.3 is 0 Å². The molecule has 2 aliphatic heterocycles. The number of hydrogen-bond acceptors (Lipinski definition) is 4. The highest BCUT2D eigenvalue weighted by Crippen LogP contribution is 2.52. The number of nitrogens with one attached hydrogen (secondary N) is 2. The third-order valence-electron chi connectivity index (χ3n) is 5.64. The molecule has 3 aliphatic rings. The predicted octanol–water partition coefficient (Wildman–Crippen LogP) is 1.46. The Hall–Kier alpha value is -1.40. The second kappa shape index (κ2) is 5.06. The van der Waals surface area contributed by atoms with Crippen LogP contribution in [0, 0.1) is 11.3 Å². The van der Waals surface area contributed by atoms with Gasteiger partial charge in [-0.25, -0.2) is 0 Å². The van der Waals surface area contributed by atoms with Gasteiger partial charge in [-0.1, -0.05) is 13.8 Å². The molecule has 1 aromatic rings. The molecule has 3 fully saturated rings. The maximum absolute atomic E-state index is 12.7. The van der Waals surface area contributed by atoms with E-state index in [4.69, 9.17) is 9.47 Å². The van der Waals surface area contributed by atoms with Gasteiger partial charge in [0.15, 0.2) is 0 Å². The quantitative estimate of drug-likeness (QED) is 0.886. The van der Waals surface area contributed by atoms with E-state index in [2.05, 4.69) is 29.4 Å². The van der Waals surface area contributed by atoms with Crippen molar-refractivity contribution in [3.8, 4) is 0 Å². The Morgan fingerprint density at radius 2 is 2.27 bits per heavy atom. The molecule has 0 bridgehead atoms. The van der Waals surface area contributed by atoms with Crippen LogP contribution in [0.25, 0.3) is 0 Å². The molecule has 6 nitrogen and oxygen atoms in total. The monoisotopic (exact) mass is 305 g/mol. The van der Waals surface area contributed by atoms with Crippen molar-refractivity contribution in [2.45, 2.75) is 44.8 Å². The first-order valence-corrected chi connectivity index (χ1v) is 8.12. The van der Waals surface area contributed by atoms with Crippen molar-refractivity contribution >= 4 is 5.91 Å². The van der Waals surface area contributed by atoms with Gasteiger partial charge in [-0.3, -0.25) is 9.89 Å². The van der Waals surface area contributed by atoms with Gasteiger partial charge in [0.1, 0.15) is 0 Å². The normalized spacial score (nSPS) is 35.9. The molecule has 0 aromatic carbocycles. The van der Waals surface area contributed by atoms with Crippen LogP contribution in [-0.4, -0.2) is 48.1 Å². The Kier molecular flexibility index (Phi) is 3.27. The summed E-state index contributed by atoms with van der Waals surface area (Å²) < 4.78 is 11.2. The van der Waals surface area contributed by atoms with Gasteiger partial charge in [0, 0.05) is 36.5 Å². The molecule has 0 radical (unpaired) electrons. The van der Waals surface area contributed by atoms with Gasteiger partial charge in [-0.15, -0.1) is 0 Å². The molecule has 4 rings (SSSR count). The molecule has 1 aliphatic carbocycles. The maximum atomic E-state index is 12.7. The Morgan fingerprint density at radius 1 is 1.41 bits per heavy atom. The lowest BCUT2D eigenvalue weighted by Gasteiger charge is -2.54. The number of fused-ring (bicyclic) bond motifs is 1. The van der Waals surface area contributed by atoms with Crippen molar-refractivity contribution in [1.82, 2.24) is 15.5 Å². The third-order valence-corrected chi connectivity index (χ3v) is 5.64. The minimum Gasteiger partial charge on any atom is -0.381 e. The summed E-state index contributed by atoms with van der Waals surface area (Å²) in [6.45, 7) is 6.57. The highest BCUT2D eigenvalue weighted by atomic mass is 16.5. The highest BCUT2D eigenvalue weighted by molar-refractivity contribution is 5.95. The summed E-state index contributed by atoms with van der Waals surface area (Å²) in [5.41, 5.74) is 1.57. The van der Waals surface area contributed by atoms with Crippen LogP contribution in [0.5, 0.6) is 0 Å². The van der Waals surface area contributed by atoms with Crippen molar-refractivity contribution in [3.63, 3.8) is 0 Å². The first kappa shape index (κ1) is 14.2. The van der Waals surface area contributed by atoms with E-state index in [1.807, 2.05) is 0 Å². The molecular formula is C16H23N3O3. The topological polar surface area (TPSA) is 76.2 Å². The van der Waals surface area contributed by atoms with E-state index < -0.39 is 0 Å². The van der Waals surface area contributed by atoms with E-state index in [1.165, 1.54) is 0 Å². The van der Waals surface area contributed by atoms with Crippen molar-refractivity contribution in [2.75, 3.05) is 19.8 Å². The molecule has 4 atom stereocenters. The van der Waals surface area contributed by atoms with Crippen molar-refractivity contribution in [3.05, 3.63) is 17.5 Å². The van der Waals surface area contributed by atoms with Crippen molar-refractivity contribution < 1.29 is 14.3 Å². The number of hydrogen-bond donors (Lipinski definition) is 2. The number of rotatable bonds is 3. The lowest BCUT2D eigenvalue weighted by molar-refractivity contribution is -0.108. The molecule has 2 saturated heterocycles. The van der Waals surface area contributed by atoms with E-state index in [1.54, 1.807) is 6.20 Å². The van der Waals surface area contributed by atoms with E-state index in [-0.39, 0.29) is 29.4 Å². The fraction of sp³-hybridized carbons (Fsp3) is 0.750. The standard InChI is InChI=1S/C16H23N3O3/c1-16(2)13(10-4-6-22-14(10)16)18-15(20)11-7-17-19-12(11)9-3-5-21-8-9/h7,9-10,13-14H,3-6,8H2,1-2H3,(H,17,19)(H,18,20)/t9-,10-,13-,14-/m1/s1. The van der Waals surface area contributed by atoms with Crippen LogP contribution in [0.3, 0.4) is 0 Å². The summed E-state index contributed by atoms with van der Waals surface area (Å²) in [7, 11) is 0. The first-order chi connectivity index (χ1) is 10.6. The second-order valence-corrected chi connectivity index (χ2v) is 7.27. The predicted molar refractivity (Wildman–Crippen MR) is 79.6 cm³/mol. The van der Waals surface area contributed by atoms with Crippen LogP contribution < -0.4 is 5.32 Å². The van der Waals surface area contributed by atoms with E-state index in [0.29, 0.717) is 18.1 Å². The van der Waals surface area contributed by atoms with Gasteiger partial charge in [-0.2, -0.15) is 5.10 Å². The highest BCUT2D eigenvalue weighted by Gasteiger charge is 2.59. The zero-order valence-corrected chi connectivity index (χ0v) is 13.1. The Labute approximate surface area is 129 Å². The Balaban J connectivity index is 1.50. The van der Waals surface area contributed by atoms with Crippen LogP contribution in [-0.2, 0) is 9.47 Å². The summed E-state index contributed by atoms with van der Waals surface area (Å²) in [6, 6.07) is 0.176. The van der Waals surface area contributed by atoms with Gasteiger partial charge in [-0.05, 0) is 12.8 Å². The second-order valence-electron chi connectivity index (χ2n) is 7.27. The van der Waals surface area contributed by atoms with Crippen LogP contribution >= 0.6 is 0 Å². The SMILES string of the molecule is CC1(C)[C@H](NC(=O)c2cn[nH]c2[C@@H]2CCOC2)[C@H]2CCO[C@H]21. The Morgan fingerprint density at radius 3 is 3.05 bits per heavy atom. The van der Waals surface area contributed by atoms with Gasteiger partial charge < -0.3 is 14.8 Å². The van der Waals surface area contributed by atoms with Crippen molar-refractivity contribution in [1.29, 1.82) is 0 Å². The van der Waals surface area contributed by atoms with E-state index in [0.717, 1.165) is 31.7 Å². The molecule has 2 N–H and O–H groups in total. The number of amides is 1. The molecule has 0 unspecified atom stereocenters. The fourth-order valence-electron chi connectivity index (χ4n) is 4.39. The van der Waals surface area contributed by atoms with Gasteiger partial charge in [0.2, 0.25) is 0 Å². The number of carbonyl (C=O) groups excluding carboxylic acids is 1. The molecule has 1 aromatic heterocycles. The molecule has 22 heavy (non-hydrogen) atoms. The number of aromatic amines is 1. The summed E-state index contributed by atoms with van der Waals surface area (Å²) in [5, 5.41) is 10.3. The zero-order valence-electron chi connectivity index (χ0n) is 13.1. The van der Waals surface area contributed by atoms with Crippen LogP contribution in [0.1, 0.15) is 48.7 Å². The molecule has 3 heterocycles. The zero-order chi connectivity index (χ0) is 15.3. The number of ether oxygens (including phenoxy) is 2. The molecule has 1 saturated carbocycles. The third kappa shape index (κ3) is 2.01. The van der Waals surface area contributed by atoms with E-state index in [9.17, 15) is 4.79 Å². The van der Waals surface area contributed by atoms with Crippen LogP contribution in [0.4, 0.5) is 0 Å². The summed E-state index contributed by atoms with van der Waals surface area (Å²) in [4.78, 5) is 12.7. The number of nitrogens with zero attached hydrogens (tertiary/aromatic N) is 1. The minimum atomic E-state index is -0.0286. The Bertz CT molecular complexity index is 577. The van der Waals surface area contributed by atoms with Crippen molar-refractivity contribution in [2.24, 2.45) is 11.3 Å².